The molecule has 0 unspecified atom stereocenters. The number of hydrogen-bond acceptors (Lipinski definition) is 7. The summed E-state index contributed by atoms with van der Waals surface area (Å²) < 4.78 is 11.2. The average molecular weight is 399 g/mol. The van der Waals surface area contributed by atoms with E-state index in [4.69, 9.17) is 38.4 Å². The molecule has 9 nitrogen and oxygen atoms in total. The van der Waals surface area contributed by atoms with E-state index in [9.17, 15) is 9.59 Å². The highest BCUT2D eigenvalue weighted by Crippen LogP contribution is 2.35. The number of methoxy groups -OCH3 is 2. The van der Waals surface area contributed by atoms with Crippen LogP contribution >= 0.6 is 23.8 Å². The van der Waals surface area contributed by atoms with Crippen LogP contribution in [0, 0.1) is 4.77 Å². The van der Waals surface area contributed by atoms with E-state index in [1.807, 2.05) is 0 Å². The molecule has 1 aromatic heterocycles. The molecule has 2 N–H and O–H groups in total. The highest BCUT2D eigenvalue weighted by molar-refractivity contribution is 7.71. The van der Waals surface area contributed by atoms with Gasteiger partial charge in [-0.1, -0.05) is 11.6 Å². The summed E-state index contributed by atoms with van der Waals surface area (Å²) in [7, 11) is 2.93. The Kier molecular flexibility index (Phi) is 6.47. The Hall–Kier alpha value is -2.72. The second-order valence-corrected chi connectivity index (χ2v) is 5.76. The Balaban J connectivity index is 2.40. The van der Waals surface area contributed by atoms with Crippen LogP contribution in [0.1, 0.15) is 17.7 Å². The Morgan fingerprint density at radius 2 is 2.19 bits per heavy atom. The normalized spacial score (nSPS) is 10.9. The van der Waals surface area contributed by atoms with Crippen molar-refractivity contribution in [1.82, 2.24) is 14.9 Å². The monoisotopic (exact) mass is 398 g/mol. The lowest BCUT2D eigenvalue weighted by atomic mass is 10.2. The minimum atomic E-state index is -1.04. The number of nitrogens with one attached hydrogen (secondary N) is 1. The molecule has 0 fully saturated rings. The van der Waals surface area contributed by atoms with Gasteiger partial charge in [0.15, 0.2) is 11.5 Å². The lowest BCUT2D eigenvalue weighted by molar-refractivity contribution is -0.136. The summed E-state index contributed by atoms with van der Waals surface area (Å²) in [6.07, 6.45) is 1.08. The molecule has 0 saturated carbocycles. The molecular weight excluding hydrogens is 384 g/mol. The number of nitrogens with zero attached hydrogens (tertiary/aromatic N) is 3. The minimum absolute atomic E-state index is 0.0171. The second-order valence-electron chi connectivity index (χ2n) is 4.97. The summed E-state index contributed by atoms with van der Waals surface area (Å²) in [5, 5.41) is 19.3. The summed E-state index contributed by atoms with van der Waals surface area (Å²) in [5.41, 5.74) is -0.0424. The first-order chi connectivity index (χ1) is 12.4. The van der Waals surface area contributed by atoms with Crippen molar-refractivity contribution in [3.05, 3.63) is 43.5 Å². The zero-order valence-corrected chi connectivity index (χ0v) is 15.4. The van der Waals surface area contributed by atoms with Crippen LogP contribution in [-0.4, -0.2) is 46.4 Å². The summed E-state index contributed by atoms with van der Waals surface area (Å²) in [6.45, 7) is 0. The lowest BCUT2D eigenvalue weighted by Crippen LogP contribution is -2.25. The summed E-state index contributed by atoms with van der Waals surface area (Å²) >= 11 is 11.1. The summed E-state index contributed by atoms with van der Waals surface area (Å²) in [6, 6.07) is 3.20. The molecule has 2 aromatic rings. The first-order valence-electron chi connectivity index (χ1n) is 7.25. The molecule has 2 rings (SSSR count). The van der Waals surface area contributed by atoms with Gasteiger partial charge >= 0.3 is 5.97 Å². The second kappa shape index (κ2) is 8.59. The van der Waals surface area contributed by atoms with Crippen LogP contribution in [0.5, 0.6) is 11.5 Å². The number of carbonyl (C=O) groups is 1. The Morgan fingerprint density at radius 1 is 1.46 bits per heavy atom. The zero-order chi connectivity index (χ0) is 19.3. The number of H-pyrrole nitrogens is 1. The van der Waals surface area contributed by atoms with Crippen molar-refractivity contribution in [3.63, 3.8) is 0 Å². The fourth-order valence-electron chi connectivity index (χ4n) is 2.05. The van der Waals surface area contributed by atoms with Crippen molar-refractivity contribution >= 4 is 36.0 Å². The van der Waals surface area contributed by atoms with E-state index in [2.05, 4.69) is 15.3 Å². The van der Waals surface area contributed by atoms with Crippen molar-refractivity contribution in [2.45, 2.75) is 12.8 Å². The van der Waals surface area contributed by atoms with Gasteiger partial charge < -0.3 is 14.6 Å². The minimum Gasteiger partial charge on any atom is -0.493 e. The van der Waals surface area contributed by atoms with Crippen molar-refractivity contribution in [2.75, 3.05) is 14.2 Å². The molecule has 0 aliphatic rings. The van der Waals surface area contributed by atoms with E-state index in [0.717, 1.165) is 4.68 Å². The van der Waals surface area contributed by atoms with Crippen LogP contribution in [0.15, 0.2) is 22.0 Å². The van der Waals surface area contributed by atoms with E-state index in [1.54, 1.807) is 12.1 Å². The van der Waals surface area contributed by atoms with Gasteiger partial charge in [-0.15, -0.1) is 0 Å². The molecular formula is C15H15ClN4O5S. The molecule has 0 radical (unpaired) electrons. The van der Waals surface area contributed by atoms with Gasteiger partial charge in [-0.2, -0.15) is 14.9 Å². The third-order valence-electron chi connectivity index (χ3n) is 3.27. The number of ether oxygens (including phenoxy) is 2. The first-order valence-corrected chi connectivity index (χ1v) is 8.04. The first kappa shape index (κ1) is 19.6. The molecule has 26 heavy (non-hydrogen) atoms. The van der Waals surface area contributed by atoms with Crippen LogP contribution < -0.4 is 15.0 Å². The largest absolute Gasteiger partial charge is 0.493 e. The van der Waals surface area contributed by atoms with Crippen LogP contribution in [0.2, 0.25) is 5.02 Å². The number of aromatic nitrogens is 3. The van der Waals surface area contributed by atoms with Crippen LogP contribution in [-0.2, 0) is 11.2 Å². The van der Waals surface area contributed by atoms with Gasteiger partial charge in [0.2, 0.25) is 4.77 Å². The molecule has 1 heterocycles. The summed E-state index contributed by atoms with van der Waals surface area (Å²) in [5.74, 6) is -0.264. The van der Waals surface area contributed by atoms with E-state index in [0.29, 0.717) is 22.1 Å². The number of aromatic amines is 1. The lowest BCUT2D eigenvalue weighted by Gasteiger charge is -2.10. The third kappa shape index (κ3) is 4.46. The molecule has 0 atom stereocenters. The van der Waals surface area contributed by atoms with Gasteiger partial charge in [0.1, 0.15) is 5.69 Å². The van der Waals surface area contributed by atoms with Gasteiger partial charge in [-0.25, -0.2) is 0 Å². The number of benzene rings is 1. The quantitative estimate of drug-likeness (QED) is 0.539. The van der Waals surface area contributed by atoms with Gasteiger partial charge in [0.25, 0.3) is 5.56 Å². The van der Waals surface area contributed by atoms with Gasteiger partial charge in [-0.05, 0) is 29.9 Å². The topological polar surface area (TPSA) is 119 Å². The predicted octanol–water partition coefficient (Wildman–Crippen LogP) is 1.87. The molecule has 0 saturated heterocycles. The average Bonchev–Trinajstić information content (AvgIpc) is 2.60. The fourth-order valence-corrected chi connectivity index (χ4v) is 2.53. The van der Waals surface area contributed by atoms with Crippen LogP contribution in [0.4, 0.5) is 0 Å². The van der Waals surface area contributed by atoms with Gasteiger partial charge in [-0.3, -0.25) is 14.7 Å². The molecule has 0 spiro atoms. The van der Waals surface area contributed by atoms with E-state index >= 15 is 0 Å². The molecule has 0 amide bonds. The van der Waals surface area contributed by atoms with Gasteiger partial charge in [0.05, 0.1) is 31.9 Å². The van der Waals surface area contributed by atoms with Gasteiger partial charge in [0, 0.05) is 6.42 Å². The number of hydrogen-bond donors (Lipinski definition) is 2. The van der Waals surface area contributed by atoms with Crippen LogP contribution in [0.3, 0.4) is 0 Å². The van der Waals surface area contributed by atoms with E-state index in [-0.39, 0.29) is 23.3 Å². The molecule has 0 aliphatic carbocycles. The van der Waals surface area contributed by atoms with Crippen molar-refractivity contribution in [1.29, 1.82) is 0 Å². The fraction of sp³-hybridized carbons (Fsp3) is 0.267. The highest BCUT2D eigenvalue weighted by Gasteiger charge is 2.11. The standard InChI is InChI=1S/C15H15ClN4O5S/c1-24-11-6-8(5-9(16)13(11)25-2)7-17-20-14(23)10(3-4-12(21)22)18-19-15(20)26/h5-7H,3-4H2,1-2H3,(H,19,26)(H,21,22)/b17-7-. The molecule has 1 aromatic carbocycles. The number of carboxylic acid groups (broad SMARTS) is 1. The van der Waals surface area contributed by atoms with Crippen molar-refractivity contribution in [2.24, 2.45) is 5.10 Å². The summed E-state index contributed by atoms with van der Waals surface area (Å²) in [4.78, 5) is 23.0. The maximum absolute atomic E-state index is 12.4. The van der Waals surface area contributed by atoms with E-state index in [1.165, 1.54) is 20.4 Å². The predicted molar refractivity (Wildman–Crippen MR) is 97.2 cm³/mol. The Bertz CT molecular complexity index is 969. The SMILES string of the molecule is COc1cc(/C=N\n2c(=S)[nH]nc(CCC(=O)O)c2=O)cc(Cl)c1OC. The third-order valence-corrected chi connectivity index (χ3v) is 3.82. The van der Waals surface area contributed by atoms with Crippen molar-refractivity contribution in [3.8, 4) is 11.5 Å². The maximum Gasteiger partial charge on any atom is 0.303 e. The Morgan fingerprint density at radius 3 is 2.81 bits per heavy atom. The van der Waals surface area contributed by atoms with Crippen molar-refractivity contribution < 1.29 is 19.4 Å². The number of aryl methyl sites for hydroxylation is 1. The number of aliphatic carboxylic acids is 1. The molecule has 11 heteroatoms. The molecule has 0 aliphatic heterocycles. The maximum atomic E-state index is 12.4. The number of halogens is 1. The Labute approximate surface area is 157 Å². The highest BCUT2D eigenvalue weighted by atomic mass is 35.5. The molecule has 0 bridgehead atoms. The zero-order valence-electron chi connectivity index (χ0n) is 13.9. The number of carboxylic acids is 1. The number of rotatable bonds is 7. The smallest absolute Gasteiger partial charge is 0.303 e. The van der Waals surface area contributed by atoms with Crippen LogP contribution in [0.25, 0.3) is 0 Å². The van der Waals surface area contributed by atoms with E-state index < -0.39 is 11.5 Å². The molecule has 138 valence electrons.